The number of nitrogens with zero attached hydrogens (tertiary/aromatic N) is 2. The van der Waals surface area contributed by atoms with E-state index in [4.69, 9.17) is 19.2 Å². The number of ether oxygens (including phenoxy) is 3. The van der Waals surface area contributed by atoms with E-state index >= 15 is 0 Å². The van der Waals surface area contributed by atoms with Crippen molar-refractivity contribution < 1.29 is 19.0 Å². The molecule has 1 unspecified atom stereocenters. The minimum atomic E-state index is -0.0878. The predicted molar refractivity (Wildman–Crippen MR) is 122 cm³/mol. The summed E-state index contributed by atoms with van der Waals surface area (Å²) in [5.74, 6) is 1.28. The Labute approximate surface area is 184 Å². The Hall–Kier alpha value is -2.29. The third-order valence-corrected chi connectivity index (χ3v) is 6.96. The zero-order chi connectivity index (χ0) is 21.1. The molecule has 2 aromatic carbocycles. The summed E-state index contributed by atoms with van der Waals surface area (Å²) in [4.78, 5) is 21.1. The zero-order valence-electron chi connectivity index (χ0n) is 17.2. The highest BCUT2D eigenvalue weighted by Gasteiger charge is 2.28. The normalized spacial score (nSPS) is 16.0. The van der Waals surface area contributed by atoms with Gasteiger partial charge in [-0.2, -0.15) is 0 Å². The van der Waals surface area contributed by atoms with Crippen molar-refractivity contribution in [2.24, 2.45) is 0 Å². The average Bonchev–Trinajstić information content (AvgIpc) is 3.46. The molecule has 6 nitrogen and oxygen atoms in total. The Morgan fingerprint density at radius 2 is 1.93 bits per heavy atom. The highest BCUT2D eigenvalue weighted by atomic mass is 32.2. The Kier molecular flexibility index (Phi) is 6.46. The number of rotatable bonds is 7. The lowest BCUT2D eigenvalue weighted by Gasteiger charge is -2.23. The van der Waals surface area contributed by atoms with E-state index in [1.54, 1.807) is 30.9 Å². The molecular formula is C22H24N2O4S2. The number of thiazole rings is 1. The zero-order valence-corrected chi connectivity index (χ0v) is 18.8. The molecule has 0 aliphatic carbocycles. The van der Waals surface area contributed by atoms with Gasteiger partial charge >= 0.3 is 0 Å². The number of hydrogen-bond acceptors (Lipinski definition) is 7. The van der Waals surface area contributed by atoms with Crippen LogP contribution < -0.4 is 14.4 Å². The van der Waals surface area contributed by atoms with Gasteiger partial charge in [0.15, 0.2) is 5.13 Å². The molecule has 0 N–H and O–H groups in total. The second-order valence-electron chi connectivity index (χ2n) is 6.92. The molecule has 1 aromatic heterocycles. The van der Waals surface area contributed by atoms with Crippen molar-refractivity contribution in [3.05, 3.63) is 42.0 Å². The molecule has 4 rings (SSSR count). The molecule has 2 heterocycles. The fourth-order valence-electron chi connectivity index (χ4n) is 3.52. The van der Waals surface area contributed by atoms with Crippen molar-refractivity contribution >= 4 is 44.4 Å². The Balaban J connectivity index is 1.75. The number of methoxy groups -OCH3 is 2. The van der Waals surface area contributed by atoms with Crippen molar-refractivity contribution in [2.45, 2.75) is 23.8 Å². The molecule has 3 aromatic rings. The number of thioether (sulfide) groups is 1. The predicted octanol–water partition coefficient (Wildman–Crippen LogP) is 4.86. The lowest BCUT2D eigenvalue weighted by Crippen LogP contribution is -2.37. The summed E-state index contributed by atoms with van der Waals surface area (Å²) in [5, 5.41) is 0.613. The fourth-order valence-corrected chi connectivity index (χ4v) is 5.01. The molecule has 30 heavy (non-hydrogen) atoms. The van der Waals surface area contributed by atoms with E-state index in [-0.39, 0.29) is 12.0 Å². The molecule has 0 bridgehead atoms. The van der Waals surface area contributed by atoms with E-state index in [1.165, 1.54) is 11.3 Å². The van der Waals surface area contributed by atoms with Gasteiger partial charge in [-0.25, -0.2) is 4.98 Å². The van der Waals surface area contributed by atoms with Crippen molar-refractivity contribution in [1.82, 2.24) is 4.98 Å². The van der Waals surface area contributed by atoms with Gasteiger partial charge in [0.25, 0.3) is 5.91 Å². The van der Waals surface area contributed by atoms with Gasteiger partial charge in [-0.3, -0.25) is 9.69 Å². The van der Waals surface area contributed by atoms with E-state index in [2.05, 4.69) is 0 Å². The molecule has 0 saturated carbocycles. The van der Waals surface area contributed by atoms with Crippen LogP contribution >= 0.6 is 23.1 Å². The highest BCUT2D eigenvalue weighted by Crippen LogP contribution is 2.40. The number of hydrogen-bond donors (Lipinski definition) is 0. The number of benzene rings is 2. The van der Waals surface area contributed by atoms with Gasteiger partial charge in [0.2, 0.25) is 0 Å². The first-order valence-corrected chi connectivity index (χ1v) is 11.8. The van der Waals surface area contributed by atoms with Crippen LogP contribution in [-0.2, 0) is 4.74 Å². The SMILES string of the molecule is COc1ccc(OC)c2sc(N(CC3CCCO3)C(=O)c3ccc(SC)cc3)nc12. The number of fused-ring (bicyclic) bond motifs is 1. The van der Waals surface area contributed by atoms with Crippen LogP contribution in [0.5, 0.6) is 11.5 Å². The monoisotopic (exact) mass is 444 g/mol. The van der Waals surface area contributed by atoms with Crippen LogP contribution in [0.15, 0.2) is 41.3 Å². The van der Waals surface area contributed by atoms with E-state index in [1.807, 2.05) is 42.7 Å². The Bertz CT molecular complexity index is 989. The van der Waals surface area contributed by atoms with E-state index in [9.17, 15) is 4.79 Å². The van der Waals surface area contributed by atoms with Gasteiger partial charge in [0.1, 0.15) is 21.7 Å². The van der Waals surface area contributed by atoms with Crippen LogP contribution in [0.4, 0.5) is 5.13 Å². The maximum atomic E-state index is 13.5. The summed E-state index contributed by atoms with van der Waals surface area (Å²) in [6.07, 6.45) is 3.97. The molecular weight excluding hydrogens is 420 g/mol. The molecule has 1 aliphatic rings. The second-order valence-corrected chi connectivity index (χ2v) is 8.78. The van der Waals surface area contributed by atoms with Crippen molar-refractivity contribution in [3.8, 4) is 11.5 Å². The van der Waals surface area contributed by atoms with E-state index in [0.29, 0.717) is 34.3 Å². The van der Waals surface area contributed by atoms with Gasteiger partial charge in [0.05, 0.1) is 26.9 Å². The fraction of sp³-hybridized carbons (Fsp3) is 0.364. The highest BCUT2D eigenvalue weighted by molar-refractivity contribution is 7.98. The third-order valence-electron chi connectivity index (χ3n) is 5.12. The minimum absolute atomic E-state index is 0.00947. The van der Waals surface area contributed by atoms with Crippen LogP contribution in [0.2, 0.25) is 0 Å². The van der Waals surface area contributed by atoms with Crippen molar-refractivity contribution in [2.75, 3.05) is 38.5 Å². The maximum Gasteiger partial charge on any atom is 0.260 e. The number of carbonyl (C=O) groups excluding carboxylic acids is 1. The van der Waals surface area contributed by atoms with Crippen LogP contribution in [0, 0.1) is 0 Å². The summed E-state index contributed by atoms with van der Waals surface area (Å²) in [6, 6.07) is 11.4. The third kappa shape index (κ3) is 4.12. The standard InChI is InChI=1S/C22H24N2O4S2/c1-26-17-10-11-18(27-2)20-19(17)23-22(30-20)24(13-15-5-4-12-28-15)21(25)14-6-8-16(29-3)9-7-14/h6-11,15H,4-5,12-13H2,1-3H3. The van der Waals surface area contributed by atoms with Crippen LogP contribution in [0.3, 0.4) is 0 Å². The molecule has 1 saturated heterocycles. The molecule has 0 spiro atoms. The van der Waals surface area contributed by atoms with Gasteiger partial charge < -0.3 is 14.2 Å². The first-order chi connectivity index (χ1) is 14.6. The topological polar surface area (TPSA) is 60.9 Å². The Morgan fingerprint density at radius 3 is 2.57 bits per heavy atom. The van der Waals surface area contributed by atoms with Crippen molar-refractivity contribution in [1.29, 1.82) is 0 Å². The Morgan fingerprint density at radius 1 is 1.20 bits per heavy atom. The molecule has 0 radical (unpaired) electrons. The summed E-state index contributed by atoms with van der Waals surface area (Å²) in [6.45, 7) is 1.20. The number of aromatic nitrogens is 1. The second kappa shape index (κ2) is 9.24. The van der Waals surface area contributed by atoms with E-state index < -0.39 is 0 Å². The molecule has 8 heteroatoms. The molecule has 158 valence electrons. The smallest absolute Gasteiger partial charge is 0.260 e. The summed E-state index contributed by atoms with van der Waals surface area (Å²) in [7, 11) is 3.24. The number of amides is 1. The van der Waals surface area contributed by atoms with Gasteiger partial charge in [-0.15, -0.1) is 11.8 Å². The van der Waals surface area contributed by atoms with Crippen molar-refractivity contribution in [3.63, 3.8) is 0 Å². The molecule has 1 aliphatic heterocycles. The van der Waals surface area contributed by atoms with Crippen LogP contribution in [-0.4, -0.2) is 50.6 Å². The van der Waals surface area contributed by atoms with Gasteiger partial charge in [-0.05, 0) is 55.5 Å². The lowest BCUT2D eigenvalue weighted by atomic mass is 10.2. The average molecular weight is 445 g/mol. The molecule has 1 amide bonds. The van der Waals surface area contributed by atoms with Crippen LogP contribution in [0.25, 0.3) is 10.2 Å². The first kappa shape index (κ1) is 21.0. The maximum absolute atomic E-state index is 13.5. The molecule has 1 fully saturated rings. The summed E-state index contributed by atoms with van der Waals surface area (Å²) in [5.41, 5.74) is 1.32. The quantitative estimate of drug-likeness (QED) is 0.485. The number of carbonyl (C=O) groups is 1. The number of anilines is 1. The minimum Gasteiger partial charge on any atom is -0.495 e. The van der Waals surface area contributed by atoms with Gasteiger partial charge in [-0.1, -0.05) is 11.3 Å². The van der Waals surface area contributed by atoms with Gasteiger partial charge in [0, 0.05) is 17.1 Å². The van der Waals surface area contributed by atoms with Crippen LogP contribution in [0.1, 0.15) is 23.2 Å². The largest absolute Gasteiger partial charge is 0.495 e. The van der Waals surface area contributed by atoms with E-state index in [0.717, 1.165) is 29.0 Å². The first-order valence-electron chi connectivity index (χ1n) is 9.73. The molecule has 1 atom stereocenters. The lowest BCUT2D eigenvalue weighted by molar-refractivity contribution is 0.0917. The summed E-state index contributed by atoms with van der Waals surface area (Å²) < 4.78 is 17.7. The summed E-state index contributed by atoms with van der Waals surface area (Å²) >= 11 is 3.08.